The van der Waals surface area contributed by atoms with Crippen LogP contribution in [0.25, 0.3) is 0 Å². The Bertz CT molecular complexity index is 766. The van der Waals surface area contributed by atoms with Crippen LogP contribution >= 0.6 is 0 Å². The van der Waals surface area contributed by atoms with Gasteiger partial charge in [-0.25, -0.2) is 0 Å². The van der Waals surface area contributed by atoms with Gasteiger partial charge in [0.05, 0.1) is 27.2 Å². The Morgan fingerprint density at radius 3 is 2.16 bits per heavy atom. The lowest BCUT2D eigenvalue weighted by Gasteiger charge is -2.39. The Morgan fingerprint density at radius 1 is 0.969 bits per heavy atom. The van der Waals surface area contributed by atoms with Crippen LogP contribution < -0.4 is 19.5 Å². The number of piperidine rings is 1. The van der Waals surface area contributed by atoms with Gasteiger partial charge in [-0.1, -0.05) is 19.3 Å². The molecule has 2 aliphatic rings. The molecule has 2 amide bonds. The van der Waals surface area contributed by atoms with Gasteiger partial charge in [-0.3, -0.25) is 9.59 Å². The lowest BCUT2D eigenvalue weighted by Crippen LogP contribution is -2.53. The topological polar surface area (TPSA) is 77.1 Å². The maximum Gasteiger partial charge on any atom is 0.242 e. The van der Waals surface area contributed by atoms with Crippen LogP contribution in [0.5, 0.6) is 17.2 Å². The van der Waals surface area contributed by atoms with E-state index in [1.54, 1.807) is 21.3 Å². The Labute approximate surface area is 191 Å². The molecule has 32 heavy (non-hydrogen) atoms. The van der Waals surface area contributed by atoms with Crippen LogP contribution in [0, 0.1) is 5.92 Å². The highest BCUT2D eigenvalue weighted by Gasteiger charge is 2.40. The van der Waals surface area contributed by atoms with E-state index in [1.807, 2.05) is 24.0 Å². The number of rotatable bonds is 8. The van der Waals surface area contributed by atoms with Crippen LogP contribution in [0.1, 0.15) is 69.8 Å². The third-order valence-corrected chi connectivity index (χ3v) is 6.87. The van der Waals surface area contributed by atoms with Gasteiger partial charge in [0.15, 0.2) is 11.5 Å². The average Bonchev–Trinajstić information content (AvgIpc) is 2.84. The van der Waals surface area contributed by atoms with Crippen LogP contribution in [-0.4, -0.2) is 57.2 Å². The predicted molar refractivity (Wildman–Crippen MR) is 123 cm³/mol. The number of likely N-dealkylation sites (tertiary alicyclic amines) is 1. The fraction of sp³-hybridized carbons (Fsp3) is 0.680. The first-order valence-corrected chi connectivity index (χ1v) is 11.9. The maximum absolute atomic E-state index is 14.1. The van der Waals surface area contributed by atoms with E-state index in [1.165, 1.54) is 6.42 Å². The van der Waals surface area contributed by atoms with Gasteiger partial charge in [-0.15, -0.1) is 0 Å². The monoisotopic (exact) mass is 446 g/mol. The minimum Gasteiger partial charge on any atom is -0.493 e. The molecule has 178 valence electrons. The van der Waals surface area contributed by atoms with Gasteiger partial charge in [0.2, 0.25) is 17.6 Å². The molecule has 0 bridgehead atoms. The summed E-state index contributed by atoms with van der Waals surface area (Å²) >= 11 is 0. The molecule has 1 aromatic carbocycles. The molecule has 0 aromatic heterocycles. The molecule has 7 heteroatoms. The highest BCUT2D eigenvalue weighted by Crippen LogP contribution is 2.45. The zero-order valence-electron chi connectivity index (χ0n) is 19.9. The van der Waals surface area contributed by atoms with Crippen molar-refractivity contribution in [2.24, 2.45) is 5.92 Å². The number of benzene rings is 1. The summed E-state index contributed by atoms with van der Waals surface area (Å²) in [6.45, 7) is 3.10. The first kappa shape index (κ1) is 24.2. The van der Waals surface area contributed by atoms with Crippen molar-refractivity contribution in [3.05, 3.63) is 17.7 Å². The molecule has 1 saturated heterocycles. The Kier molecular flexibility index (Phi) is 8.65. The lowest BCUT2D eigenvalue weighted by atomic mass is 9.75. The number of nitrogens with zero attached hydrogens (tertiary/aromatic N) is 1. The van der Waals surface area contributed by atoms with Crippen LogP contribution in [0.15, 0.2) is 12.1 Å². The smallest absolute Gasteiger partial charge is 0.242 e. The highest BCUT2D eigenvalue weighted by molar-refractivity contribution is 5.91. The van der Waals surface area contributed by atoms with E-state index in [0.717, 1.165) is 44.1 Å². The number of amides is 2. The van der Waals surface area contributed by atoms with E-state index in [-0.39, 0.29) is 23.7 Å². The second kappa shape index (κ2) is 11.4. The zero-order valence-corrected chi connectivity index (χ0v) is 19.9. The summed E-state index contributed by atoms with van der Waals surface area (Å²) < 4.78 is 16.7. The molecule has 1 N–H and O–H groups in total. The molecule has 0 spiro atoms. The van der Waals surface area contributed by atoms with Crippen molar-refractivity contribution in [1.82, 2.24) is 10.2 Å². The number of nitrogens with one attached hydrogen (secondary N) is 1. The standard InChI is InChI=1S/C25H38N2O5/c1-5-26-24(28)19-13-9-10-14-27(19)25(29)22(17-11-7-6-8-12-17)18-15-20(30-2)23(32-4)21(16-18)31-3/h15-17,19,22H,5-14H2,1-4H3,(H,26,28)/t19-,22?/m0/s1. The summed E-state index contributed by atoms with van der Waals surface area (Å²) in [4.78, 5) is 28.7. The molecule has 2 atom stereocenters. The Hall–Kier alpha value is -2.44. The van der Waals surface area contributed by atoms with Crippen LogP contribution in [0.3, 0.4) is 0 Å². The van der Waals surface area contributed by atoms with E-state index in [0.29, 0.717) is 36.8 Å². The zero-order chi connectivity index (χ0) is 23.1. The van der Waals surface area contributed by atoms with E-state index in [4.69, 9.17) is 14.2 Å². The molecular formula is C25H38N2O5. The molecule has 2 fully saturated rings. The maximum atomic E-state index is 14.1. The summed E-state index contributed by atoms with van der Waals surface area (Å²) in [5, 5.41) is 2.92. The number of carbonyl (C=O) groups excluding carboxylic acids is 2. The molecule has 1 aliphatic carbocycles. The summed E-state index contributed by atoms with van der Waals surface area (Å²) in [7, 11) is 4.76. The number of methoxy groups -OCH3 is 3. The first-order chi connectivity index (χ1) is 15.5. The van der Waals surface area contributed by atoms with Gasteiger partial charge in [-0.05, 0) is 62.6 Å². The number of likely N-dealkylation sites (N-methyl/N-ethyl adjacent to an activating group) is 1. The van der Waals surface area contributed by atoms with Crippen molar-refractivity contribution in [3.63, 3.8) is 0 Å². The fourth-order valence-corrected chi connectivity index (χ4v) is 5.30. The first-order valence-electron chi connectivity index (χ1n) is 11.9. The number of hydrogen-bond donors (Lipinski definition) is 1. The molecule has 1 heterocycles. The molecule has 0 radical (unpaired) electrons. The number of carbonyl (C=O) groups is 2. The predicted octanol–water partition coefficient (Wildman–Crippen LogP) is 3.89. The average molecular weight is 447 g/mol. The van der Waals surface area contributed by atoms with Crippen molar-refractivity contribution in [3.8, 4) is 17.2 Å². The second-order valence-corrected chi connectivity index (χ2v) is 8.77. The highest BCUT2D eigenvalue weighted by atomic mass is 16.5. The number of ether oxygens (including phenoxy) is 3. The van der Waals surface area contributed by atoms with E-state index in [9.17, 15) is 9.59 Å². The van der Waals surface area contributed by atoms with Gasteiger partial charge in [0.25, 0.3) is 0 Å². The van der Waals surface area contributed by atoms with Crippen molar-refractivity contribution in [1.29, 1.82) is 0 Å². The Balaban J connectivity index is 2.03. The molecular weight excluding hydrogens is 408 g/mol. The summed E-state index contributed by atoms with van der Waals surface area (Å²) in [5.74, 6) is 1.51. The molecule has 1 aliphatic heterocycles. The molecule has 1 unspecified atom stereocenters. The normalized spacial score (nSPS) is 20.4. The van der Waals surface area contributed by atoms with Crippen molar-refractivity contribution >= 4 is 11.8 Å². The van der Waals surface area contributed by atoms with E-state index < -0.39 is 6.04 Å². The van der Waals surface area contributed by atoms with Crippen molar-refractivity contribution in [2.45, 2.75) is 70.3 Å². The largest absolute Gasteiger partial charge is 0.493 e. The van der Waals surface area contributed by atoms with Crippen molar-refractivity contribution < 1.29 is 23.8 Å². The fourth-order valence-electron chi connectivity index (χ4n) is 5.30. The molecule has 7 nitrogen and oxygen atoms in total. The minimum atomic E-state index is -0.399. The van der Waals surface area contributed by atoms with Gasteiger partial charge in [0.1, 0.15) is 6.04 Å². The quantitative estimate of drug-likeness (QED) is 0.656. The molecule has 1 aromatic rings. The SMILES string of the molecule is CCNC(=O)[C@@H]1CCCCN1C(=O)C(c1cc(OC)c(OC)c(OC)c1)C1CCCCC1. The Morgan fingerprint density at radius 2 is 1.59 bits per heavy atom. The summed E-state index contributed by atoms with van der Waals surface area (Å²) in [6.07, 6.45) is 8.07. The summed E-state index contributed by atoms with van der Waals surface area (Å²) in [6, 6.07) is 3.41. The minimum absolute atomic E-state index is 0.0436. The van der Waals surface area contributed by atoms with E-state index in [2.05, 4.69) is 5.32 Å². The van der Waals surface area contributed by atoms with Gasteiger partial charge in [0, 0.05) is 13.1 Å². The van der Waals surface area contributed by atoms with Gasteiger partial charge < -0.3 is 24.4 Å². The third kappa shape index (κ3) is 5.13. The van der Waals surface area contributed by atoms with Gasteiger partial charge >= 0.3 is 0 Å². The third-order valence-electron chi connectivity index (χ3n) is 6.87. The van der Waals surface area contributed by atoms with Crippen LogP contribution in [-0.2, 0) is 9.59 Å². The summed E-state index contributed by atoms with van der Waals surface area (Å²) in [5.41, 5.74) is 0.872. The second-order valence-electron chi connectivity index (χ2n) is 8.77. The molecule has 1 saturated carbocycles. The number of hydrogen-bond acceptors (Lipinski definition) is 5. The van der Waals surface area contributed by atoms with Crippen LogP contribution in [0.4, 0.5) is 0 Å². The lowest BCUT2D eigenvalue weighted by molar-refractivity contribution is -0.144. The van der Waals surface area contributed by atoms with Crippen molar-refractivity contribution in [2.75, 3.05) is 34.4 Å². The van der Waals surface area contributed by atoms with Gasteiger partial charge in [-0.2, -0.15) is 0 Å². The van der Waals surface area contributed by atoms with E-state index >= 15 is 0 Å². The van der Waals surface area contributed by atoms with Crippen LogP contribution in [0.2, 0.25) is 0 Å². The molecule has 3 rings (SSSR count).